The molecule has 2 N–H and O–H groups in total. The molecule has 0 saturated heterocycles. The quantitative estimate of drug-likeness (QED) is 0.159. The van der Waals surface area contributed by atoms with Crippen LogP contribution in [-0.2, 0) is 12.8 Å². The molecule has 0 atom stereocenters. The fourth-order valence-electron chi connectivity index (χ4n) is 8.33. The number of nitrogens with one attached hydrogen (secondary N) is 2. The number of benzene rings is 2. The van der Waals surface area contributed by atoms with Gasteiger partial charge in [0.1, 0.15) is 12.6 Å². The van der Waals surface area contributed by atoms with Crippen LogP contribution in [0.5, 0.6) is 0 Å². The van der Waals surface area contributed by atoms with Crippen molar-refractivity contribution in [2.45, 2.75) is 81.1 Å². The van der Waals surface area contributed by atoms with Crippen molar-refractivity contribution >= 4 is 56.9 Å². The third-order valence-electron chi connectivity index (χ3n) is 11.1. The summed E-state index contributed by atoms with van der Waals surface area (Å²) in [4.78, 5) is 42.0. The van der Waals surface area contributed by atoms with Crippen LogP contribution < -0.4 is 0 Å². The van der Waals surface area contributed by atoms with E-state index in [-0.39, 0.29) is 0 Å². The lowest BCUT2D eigenvalue weighted by molar-refractivity contribution is 0.111. The number of allylic oxidation sites excluding steroid dienone is 4. The molecule has 2 aliphatic heterocycles. The molecule has 3 aromatic heterocycles. The van der Waals surface area contributed by atoms with E-state index in [0.717, 1.165) is 116 Å². The molecule has 0 radical (unpaired) electrons. The molecule has 5 aromatic rings. The van der Waals surface area contributed by atoms with E-state index in [4.69, 9.17) is 9.97 Å². The van der Waals surface area contributed by atoms with Gasteiger partial charge in [-0.3, -0.25) is 9.59 Å². The Bertz CT molecular complexity index is 2330. The Morgan fingerprint density at radius 2 is 0.904 bits per heavy atom. The van der Waals surface area contributed by atoms with Crippen molar-refractivity contribution in [1.82, 2.24) is 19.9 Å². The molecule has 0 fully saturated rings. The summed E-state index contributed by atoms with van der Waals surface area (Å²) < 4.78 is 0. The zero-order chi connectivity index (χ0) is 36.8. The third-order valence-corrected chi connectivity index (χ3v) is 11.1. The minimum atomic E-state index is 0.640. The molecule has 0 aliphatic carbocycles. The smallest absolute Gasteiger partial charge is 0.150 e. The highest BCUT2D eigenvalue weighted by molar-refractivity contribution is 6.03. The van der Waals surface area contributed by atoms with Gasteiger partial charge in [0.25, 0.3) is 0 Å². The average molecular weight is 687 g/mol. The van der Waals surface area contributed by atoms with Crippen LogP contribution in [0.4, 0.5) is 0 Å². The predicted octanol–water partition coefficient (Wildman–Crippen LogP) is 11.7. The Balaban J connectivity index is 1.75. The maximum atomic E-state index is 11.7. The van der Waals surface area contributed by atoms with Gasteiger partial charge in [-0.2, -0.15) is 0 Å². The van der Waals surface area contributed by atoms with E-state index in [1.54, 1.807) is 0 Å². The highest BCUT2D eigenvalue weighted by atomic mass is 16.1. The first-order valence-corrected chi connectivity index (χ1v) is 18.5. The number of aldehydes is 2. The minimum absolute atomic E-state index is 0.640. The van der Waals surface area contributed by atoms with Gasteiger partial charge in [0.05, 0.1) is 33.8 Å². The van der Waals surface area contributed by atoms with Gasteiger partial charge in [-0.05, 0) is 121 Å². The summed E-state index contributed by atoms with van der Waals surface area (Å²) in [5.74, 6) is 0. The van der Waals surface area contributed by atoms with Crippen LogP contribution in [0.3, 0.4) is 0 Å². The molecule has 2 aliphatic rings. The molecule has 8 bridgehead atoms. The number of hydrogen-bond donors (Lipinski definition) is 2. The van der Waals surface area contributed by atoms with Gasteiger partial charge in [-0.1, -0.05) is 76.2 Å². The summed E-state index contributed by atoms with van der Waals surface area (Å²) in [6.07, 6.45) is 5.13. The molecular weight excluding hydrogens is 641 g/mol. The molecule has 5 heterocycles. The molecule has 6 heteroatoms. The van der Waals surface area contributed by atoms with Gasteiger partial charge >= 0.3 is 0 Å². The number of nitrogens with zero attached hydrogens (tertiary/aromatic N) is 2. The number of hydrogen-bond acceptors (Lipinski definition) is 4. The number of rotatable bonds is 8. The van der Waals surface area contributed by atoms with E-state index < -0.39 is 0 Å². The van der Waals surface area contributed by atoms with Crippen LogP contribution in [0.1, 0.15) is 120 Å². The van der Waals surface area contributed by atoms with Gasteiger partial charge in [-0.15, -0.1) is 0 Å². The SMILES string of the molecule is CCC1=C(C)c2nc1cc1[nH]c(c(C)c1CC)c(-c1ccc(C=O)cc1)c1nc(cc3[nH]c(c(C)c3CC)c2-c2ccc(C=O)cc2)C(CC)=C1C. The molecule has 0 unspecified atom stereocenters. The van der Waals surface area contributed by atoms with E-state index in [9.17, 15) is 9.59 Å². The monoisotopic (exact) mass is 686 g/mol. The second-order valence-electron chi connectivity index (χ2n) is 13.9. The van der Waals surface area contributed by atoms with Gasteiger partial charge in [0, 0.05) is 33.3 Å². The van der Waals surface area contributed by atoms with E-state index in [1.165, 1.54) is 33.4 Å². The Morgan fingerprint density at radius 1 is 0.538 bits per heavy atom. The van der Waals surface area contributed by atoms with Gasteiger partial charge in [0.2, 0.25) is 0 Å². The standard InChI is InChI=1S/C46H46N4O2/c1-9-33-25(5)43-41(31-17-13-29(23-51)14-18-31)44-27(7)35(11-3)39(49-44)22-40-36(12-4)28(8)46(50-40)42(32-19-15-30(24-52)16-20-32)45-26(6)34(10-2)38(48-45)21-37(33)47-43/h13-24,47,50H,9-12H2,1-8H3. The van der Waals surface area contributed by atoms with Crippen molar-refractivity contribution in [3.05, 3.63) is 117 Å². The molecule has 52 heavy (non-hydrogen) atoms. The van der Waals surface area contributed by atoms with Gasteiger partial charge < -0.3 is 9.97 Å². The highest BCUT2D eigenvalue weighted by Gasteiger charge is 2.25. The van der Waals surface area contributed by atoms with Crippen LogP contribution in [0.2, 0.25) is 0 Å². The predicted molar refractivity (Wildman–Crippen MR) is 216 cm³/mol. The number of aryl methyl sites for hydroxylation is 4. The summed E-state index contributed by atoms with van der Waals surface area (Å²) in [7, 11) is 0. The number of aromatic amines is 2. The first kappa shape index (κ1) is 34.8. The number of carbonyl (C=O) groups excluding carboxylic acids is 2. The van der Waals surface area contributed by atoms with Crippen molar-refractivity contribution in [1.29, 1.82) is 0 Å². The van der Waals surface area contributed by atoms with Crippen LogP contribution in [0.15, 0.2) is 60.7 Å². The second kappa shape index (κ2) is 13.8. The average Bonchev–Trinajstić information content (AvgIpc) is 3.85. The maximum absolute atomic E-state index is 11.7. The lowest BCUT2D eigenvalue weighted by Crippen LogP contribution is -1.90. The highest BCUT2D eigenvalue weighted by Crippen LogP contribution is 2.43. The zero-order valence-corrected chi connectivity index (χ0v) is 31.5. The third kappa shape index (κ3) is 5.58. The number of carbonyl (C=O) groups is 2. The lowest BCUT2D eigenvalue weighted by atomic mass is 9.95. The second-order valence-corrected chi connectivity index (χ2v) is 13.9. The molecule has 7 rings (SSSR count). The van der Waals surface area contributed by atoms with E-state index in [0.29, 0.717) is 11.1 Å². The maximum Gasteiger partial charge on any atom is 0.150 e. The molecule has 6 nitrogen and oxygen atoms in total. The Kier molecular flexibility index (Phi) is 9.26. The first-order chi connectivity index (χ1) is 25.2. The Hall–Kier alpha value is -5.62. The summed E-state index contributed by atoms with van der Waals surface area (Å²) in [6.45, 7) is 17.6. The van der Waals surface area contributed by atoms with Crippen molar-refractivity contribution in [3.63, 3.8) is 0 Å². The van der Waals surface area contributed by atoms with E-state index in [1.807, 2.05) is 48.5 Å². The number of fused-ring (bicyclic) bond motifs is 8. The van der Waals surface area contributed by atoms with Crippen molar-refractivity contribution in [3.8, 4) is 22.3 Å². The van der Waals surface area contributed by atoms with E-state index in [2.05, 4.69) is 77.5 Å². The molecular formula is C46H46N4O2. The summed E-state index contributed by atoms with van der Waals surface area (Å²) >= 11 is 0. The van der Waals surface area contributed by atoms with Crippen molar-refractivity contribution in [2.75, 3.05) is 0 Å². The lowest BCUT2D eigenvalue weighted by Gasteiger charge is -2.08. The summed E-state index contributed by atoms with van der Waals surface area (Å²) in [5.41, 5.74) is 22.8. The van der Waals surface area contributed by atoms with E-state index >= 15 is 0 Å². The molecule has 0 spiro atoms. The topological polar surface area (TPSA) is 91.5 Å². The first-order valence-electron chi connectivity index (χ1n) is 18.5. The summed E-state index contributed by atoms with van der Waals surface area (Å²) in [5, 5.41) is 0. The van der Waals surface area contributed by atoms with Crippen LogP contribution in [0, 0.1) is 13.8 Å². The number of aromatic nitrogens is 4. The van der Waals surface area contributed by atoms with Crippen LogP contribution >= 0.6 is 0 Å². The van der Waals surface area contributed by atoms with Crippen molar-refractivity contribution in [2.24, 2.45) is 0 Å². The Labute approximate surface area is 305 Å². The Morgan fingerprint density at radius 3 is 1.21 bits per heavy atom. The largest absolute Gasteiger partial charge is 0.354 e. The van der Waals surface area contributed by atoms with Crippen LogP contribution in [-0.4, -0.2) is 32.5 Å². The minimum Gasteiger partial charge on any atom is -0.354 e. The fourth-order valence-corrected chi connectivity index (χ4v) is 8.33. The molecule has 0 amide bonds. The summed E-state index contributed by atoms with van der Waals surface area (Å²) in [6, 6.07) is 20.1. The van der Waals surface area contributed by atoms with Gasteiger partial charge in [0.15, 0.2) is 0 Å². The normalized spacial score (nSPS) is 12.9. The number of H-pyrrole nitrogens is 2. The van der Waals surface area contributed by atoms with Crippen molar-refractivity contribution < 1.29 is 9.59 Å². The molecule has 262 valence electrons. The van der Waals surface area contributed by atoms with Gasteiger partial charge in [-0.25, -0.2) is 9.97 Å². The molecule has 2 aromatic carbocycles. The zero-order valence-electron chi connectivity index (χ0n) is 31.5. The fraction of sp³-hybridized carbons (Fsp3) is 0.261. The molecule has 0 saturated carbocycles. The van der Waals surface area contributed by atoms with Crippen LogP contribution in [0.25, 0.3) is 66.6 Å².